The van der Waals surface area contributed by atoms with E-state index in [1.54, 1.807) is 26.0 Å². The zero-order valence-corrected chi connectivity index (χ0v) is 17.3. The number of benzene rings is 2. The second kappa shape index (κ2) is 6.72. The van der Waals surface area contributed by atoms with Crippen molar-refractivity contribution in [1.82, 2.24) is 10.2 Å². The lowest BCUT2D eigenvalue weighted by Crippen LogP contribution is -2.29. The smallest absolute Gasteiger partial charge is 0.297 e. The van der Waals surface area contributed by atoms with Crippen LogP contribution < -0.4 is 10.3 Å². The summed E-state index contributed by atoms with van der Waals surface area (Å²) in [5.74, 6) is -0.979. The Morgan fingerprint density at radius 2 is 1.87 bits per heavy atom. The first-order valence-electron chi connectivity index (χ1n) is 9.01. The van der Waals surface area contributed by atoms with Gasteiger partial charge in [0.25, 0.3) is 5.91 Å². The van der Waals surface area contributed by atoms with Crippen LogP contribution >= 0.6 is 22.9 Å². The highest BCUT2D eigenvalue weighted by molar-refractivity contribution is 7.15. The average molecular weight is 442 g/mol. The Kier molecular flexibility index (Phi) is 4.23. The number of aryl methyl sites for hydroxylation is 2. The minimum Gasteiger partial charge on any atom is -0.450 e. The van der Waals surface area contributed by atoms with Crippen molar-refractivity contribution in [2.75, 3.05) is 4.90 Å². The zero-order chi connectivity index (χ0) is 21.2. The van der Waals surface area contributed by atoms with Gasteiger partial charge in [-0.15, -0.1) is 10.2 Å². The van der Waals surface area contributed by atoms with Gasteiger partial charge in [0.05, 0.1) is 17.0 Å². The summed E-state index contributed by atoms with van der Waals surface area (Å²) in [5.41, 5.74) is 1.37. The fourth-order valence-electron chi connectivity index (χ4n) is 3.63. The molecule has 0 radical (unpaired) electrons. The van der Waals surface area contributed by atoms with Crippen molar-refractivity contribution in [2.24, 2.45) is 0 Å². The van der Waals surface area contributed by atoms with Crippen molar-refractivity contribution in [2.45, 2.75) is 19.9 Å². The van der Waals surface area contributed by atoms with Gasteiger partial charge < -0.3 is 4.42 Å². The monoisotopic (exact) mass is 441 g/mol. The molecule has 3 heterocycles. The molecule has 0 aliphatic carbocycles. The Morgan fingerprint density at radius 3 is 2.53 bits per heavy atom. The molecule has 1 unspecified atom stereocenters. The molecule has 0 N–H and O–H groups in total. The molecular formula is C21H13ClFN3O3S. The molecule has 1 aliphatic heterocycles. The zero-order valence-electron chi connectivity index (χ0n) is 15.8. The van der Waals surface area contributed by atoms with Gasteiger partial charge in [-0.05, 0) is 49.2 Å². The summed E-state index contributed by atoms with van der Waals surface area (Å²) < 4.78 is 19.4. The van der Waals surface area contributed by atoms with Crippen LogP contribution in [0, 0.1) is 19.7 Å². The third-order valence-corrected chi connectivity index (χ3v) is 6.30. The minimum atomic E-state index is -0.818. The summed E-state index contributed by atoms with van der Waals surface area (Å²) in [4.78, 5) is 28.2. The number of amides is 1. The summed E-state index contributed by atoms with van der Waals surface area (Å²) in [7, 11) is 0. The van der Waals surface area contributed by atoms with Crippen LogP contribution in [0.1, 0.15) is 38.3 Å². The molecule has 0 fully saturated rings. The maximum absolute atomic E-state index is 13.5. The van der Waals surface area contributed by atoms with Crippen LogP contribution in [-0.2, 0) is 0 Å². The summed E-state index contributed by atoms with van der Waals surface area (Å²) in [6, 6.07) is 8.00. The number of nitrogens with zero attached hydrogens (tertiary/aromatic N) is 3. The molecule has 1 aliphatic rings. The van der Waals surface area contributed by atoms with E-state index in [-0.39, 0.29) is 27.7 Å². The molecule has 150 valence electrons. The first-order chi connectivity index (χ1) is 14.3. The maximum atomic E-state index is 13.5. The van der Waals surface area contributed by atoms with Crippen molar-refractivity contribution in [3.8, 4) is 0 Å². The number of aromatic nitrogens is 2. The van der Waals surface area contributed by atoms with Gasteiger partial charge in [0.2, 0.25) is 10.9 Å². The van der Waals surface area contributed by atoms with E-state index in [0.29, 0.717) is 20.7 Å². The van der Waals surface area contributed by atoms with Gasteiger partial charge in [0, 0.05) is 5.02 Å². The lowest BCUT2D eigenvalue weighted by atomic mass is 9.98. The quantitative estimate of drug-likeness (QED) is 0.446. The van der Waals surface area contributed by atoms with E-state index < -0.39 is 17.8 Å². The second-order valence-corrected chi connectivity index (χ2v) is 8.57. The minimum absolute atomic E-state index is 0.0589. The molecule has 1 atom stereocenters. The van der Waals surface area contributed by atoms with E-state index in [0.717, 1.165) is 5.56 Å². The molecule has 2 aromatic carbocycles. The maximum Gasteiger partial charge on any atom is 0.297 e. The lowest BCUT2D eigenvalue weighted by molar-refractivity contribution is 0.0970. The highest BCUT2D eigenvalue weighted by Gasteiger charge is 2.45. The van der Waals surface area contributed by atoms with Gasteiger partial charge in [-0.3, -0.25) is 14.5 Å². The molecule has 0 saturated carbocycles. The van der Waals surface area contributed by atoms with Gasteiger partial charge in [-0.1, -0.05) is 35.1 Å². The molecule has 2 aromatic heterocycles. The molecule has 1 amide bonds. The summed E-state index contributed by atoms with van der Waals surface area (Å²) >= 11 is 7.44. The van der Waals surface area contributed by atoms with E-state index >= 15 is 0 Å². The van der Waals surface area contributed by atoms with E-state index in [1.807, 2.05) is 0 Å². The molecule has 0 spiro atoms. The number of anilines is 1. The fraction of sp³-hybridized carbons (Fsp3) is 0.143. The van der Waals surface area contributed by atoms with Crippen molar-refractivity contribution < 1.29 is 13.6 Å². The Hall–Kier alpha value is -3.10. The predicted molar refractivity (Wildman–Crippen MR) is 112 cm³/mol. The average Bonchev–Trinajstić information content (AvgIpc) is 3.26. The number of hydrogen-bond acceptors (Lipinski definition) is 6. The SMILES string of the molecule is Cc1nnc(N2C(=O)c3oc4cc(C)c(Cl)cc4c(=O)c3C2c2ccc(F)cc2)s1. The van der Waals surface area contributed by atoms with Crippen LogP contribution in [0.25, 0.3) is 11.0 Å². The molecule has 9 heteroatoms. The number of hydrogen-bond donors (Lipinski definition) is 0. The highest BCUT2D eigenvalue weighted by atomic mass is 35.5. The van der Waals surface area contributed by atoms with Gasteiger partial charge in [-0.2, -0.15) is 0 Å². The number of halogens is 2. The van der Waals surface area contributed by atoms with E-state index in [2.05, 4.69) is 10.2 Å². The Morgan fingerprint density at radius 1 is 1.13 bits per heavy atom. The molecule has 4 aromatic rings. The number of fused-ring (bicyclic) bond motifs is 2. The Bertz CT molecular complexity index is 1400. The molecule has 0 bridgehead atoms. The highest BCUT2D eigenvalue weighted by Crippen LogP contribution is 2.42. The lowest BCUT2D eigenvalue weighted by Gasteiger charge is -2.22. The van der Waals surface area contributed by atoms with Gasteiger partial charge in [-0.25, -0.2) is 4.39 Å². The van der Waals surface area contributed by atoms with Crippen LogP contribution in [0.5, 0.6) is 0 Å². The second-order valence-electron chi connectivity index (χ2n) is 7.00. The summed E-state index contributed by atoms with van der Waals surface area (Å²) in [6.07, 6.45) is 0. The van der Waals surface area contributed by atoms with Crippen LogP contribution in [0.4, 0.5) is 9.52 Å². The number of rotatable bonds is 2. The third-order valence-electron chi connectivity index (χ3n) is 5.06. The van der Waals surface area contributed by atoms with Crippen LogP contribution in [-0.4, -0.2) is 16.1 Å². The number of carbonyl (C=O) groups excluding carboxylic acids is 1. The summed E-state index contributed by atoms with van der Waals surface area (Å²) in [6.45, 7) is 3.55. The van der Waals surface area contributed by atoms with Crippen molar-refractivity contribution >= 4 is 44.9 Å². The number of carbonyl (C=O) groups is 1. The Balaban J connectivity index is 1.83. The van der Waals surface area contributed by atoms with Gasteiger partial charge in [0.15, 0.2) is 5.43 Å². The molecular weight excluding hydrogens is 429 g/mol. The van der Waals surface area contributed by atoms with E-state index in [9.17, 15) is 14.0 Å². The fourth-order valence-corrected chi connectivity index (χ4v) is 4.51. The first-order valence-corrected chi connectivity index (χ1v) is 10.2. The molecule has 30 heavy (non-hydrogen) atoms. The molecule has 0 saturated heterocycles. The molecule has 6 nitrogen and oxygen atoms in total. The van der Waals surface area contributed by atoms with Crippen molar-refractivity contribution in [1.29, 1.82) is 0 Å². The normalized spacial score (nSPS) is 15.8. The van der Waals surface area contributed by atoms with E-state index in [1.165, 1.54) is 40.5 Å². The largest absolute Gasteiger partial charge is 0.450 e. The van der Waals surface area contributed by atoms with Crippen molar-refractivity contribution in [3.05, 3.63) is 84.9 Å². The van der Waals surface area contributed by atoms with Crippen LogP contribution in [0.3, 0.4) is 0 Å². The third kappa shape index (κ3) is 2.75. The van der Waals surface area contributed by atoms with Crippen molar-refractivity contribution in [3.63, 3.8) is 0 Å². The standard InChI is InChI=1S/C21H13ClFN3O3S/c1-9-7-15-13(8-14(9)22)18(27)16-17(11-3-5-12(23)6-4-11)26(20(28)19(16)29-15)21-25-24-10(2)30-21/h3-8,17H,1-2H3. The van der Waals surface area contributed by atoms with Gasteiger partial charge >= 0.3 is 0 Å². The molecule has 5 rings (SSSR count). The van der Waals surface area contributed by atoms with Crippen LogP contribution in [0.2, 0.25) is 5.02 Å². The summed E-state index contributed by atoms with van der Waals surface area (Å²) in [5, 5.41) is 9.77. The topological polar surface area (TPSA) is 76.3 Å². The van der Waals surface area contributed by atoms with Crippen LogP contribution in [0.15, 0.2) is 45.6 Å². The predicted octanol–water partition coefficient (Wildman–Crippen LogP) is 4.80. The van der Waals surface area contributed by atoms with Gasteiger partial charge in [0.1, 0.15) is 16.4 Å². The Labute approximate surface area is 178 Å². The first kappa shape index (κ1) is 18.9. The van der Waals surface area contributed by atoms with E-state index in [4.69, 9.17) is 16.0 Å².